The molecule has 0 aliphatic rings. The van der Waals surface area contributed by atoms with Gasteiger partial charge in [-0.2, -0.15) is 0 Å². The molecule has 0 radical (unpaired) electrons. The van der Waals surface area contributed by atoms with E-state index in [9.17, 15) is 0 Å². The third-order valence-corrected chi connectivity index (χ3v) is 2.70. The Labute approximate surface area is 96.3 Å². The Morgan fingerprint density at radius 1 is 1.12 bits per heavy atom. The number of furan rings is 1. The van der Waals surface area contributed by atoms with Crippen LogP contribution in [-0.2, 0) is 13.0 Å². The smallest absolute Gasteiger partial charge is 0.105 e. The maximum absolute atomic E-state index is 5.27. The van der Waals surface area contributed by atoms with Crippen molar-refractivity contribution in [2.45, 2.75) is 19.9 Å². The molecule has 0 atom stereocenters. The number of benzene rings is 1. The van der Waals surface area contributed by atoms with Crippen molar-refractivity contribution in [2.24, 2.45) is 0 Å². The molecule has 0 amide bonds. The minimum absolute atomic E-state index is 0.924. The van der Waals surface area contributed by atoms with Gasteiger partial charge >= 0.3 is 0 Å². The SMILES string of the molecule is Cc1ccccc1CNCCc1ccco1. The number of aryl methyl sites for hydroxylation is 1. The lowest BCUT2D eigenvalue weighted by atomic mass is 10.1. The lowest BCUT2D eigenvalue weighted by Crippen LogP contribution is -2.17. The largest absolute Gasteiger partial charge is 0.469 e. The van der Waals surface area contributed by atoms with Crippen LogP contribution in [0.2, 0.25) is 0 Å². The zero-order valence-corrected chi connectivity index (χ0v) is 9.57. The van der Waals surface area contributed by atoms with Crippen molar-refractivity contribution >= 4 is 0 Å². The third-order valence-electron chi connectivity index (χ3n) is 2.70. The first kappa shape index (κ1) is 11.0. The van der Waals surface area contributed by atoms with E-state index in [-0.39, 0.29) is 0 Å². The molecule has 1 heterocycles. The molecule has 2 heteroatoms. The predicted octanol–water partition coefficient (Wildman–Crippen LogP) is 2.92. The second-order valence-corrected chi connectivity index (χ2v) is 3.93. The highest BCUT2D eigenvalue weighted by molar-refractivity contribution is 5.25. The third kappa shape index (κ3) is 2.97. The highest BCUT2D eigenvalue weighted by Gasteiger charge is 1.97. The van der Waals surface area contributed by atoms with Gasteiger partial charge in [0.1, 0.15) is 5.76 Å². The molecule has 1 aromatic carbocycles. The van der Waals surface area contributed by atoms with Crippen molar-refractivity contribution in [3.63, 3.8) is 0 Å². The van der Waals surface area contributed by atoms with Crippen LogP contribution in [0.3, 0.4) is 0 Å². The van der Waals surface area contributed by atoms with Crippen molar-refractivity contribution in [2.75, 3.05) is 6.54 Å². The lowest BCUT2D eigenvalue weighted by Gasteiger charge is -2.06. The second-order valence-electron chi connectivity index (χ2n) is 3.93. The standard InChI is InChI=1S/C14H17NO/c1-12-5-2-3-6-13(12)11-15-9-8-14-7-4-10-16-14/h2-7,10,15H,8-9,11H2,1H3. The van der Waals surface area contributed by atoms with E-state index >= 15 is 0 Å². The first-order chi connectivity index (χ1) is 7.86. The van der Waals surface area contributed by atoms with Crippen LogP contribution < -0.4 is 5.32 Å². The van der Waals surface area contributed by atoms with Gasteiger partial charge in [0.15, 0.2) is 0 Å². The normalized spacial score (nSPS) is 10.6. The van der Waals surface area contributed by atoms with Crippen LogP contribution >= 0.6 is 0 Å². The van der Waals surface area contributed by atoms with E-state index < -0.39 is 0 Å². The van der Waals surface area contributed by atoms with Gasteiger partial charge in [-0.3, -0.25) is 0 Å². The fraction of sp³-hybridized carbons (Fsp3) is 0.286. The predicted molar refractivity (Wildman–Crippen MR) is 65.3 cm³/mol. The lowest BCUT2D eigenvalue weighted by molar-refractivity contribution is 0.498. The molecular formula is C14H17NO. The number of hydrogen-bond acceptors (Lipinski definition) is 2. The summed E-state index contributed by atoms with van der Waals surface area (Å²) in [5.41, 5.74) is 2.70. The van der Waals surface area contributed by atoms with Gasteiger partial charge in [0.25, 0.3) is 0 Å². The van der Waals surface area contributed by atoms with Crippen LogP contribution in [0.25, 0.3) is 0 Å². The van der Waals surface area contributed by atoms with E-state index in [0.29, 0.717) is 0 Å². The Morgan fingerprint density at radius 3 is 2.75 bits per heavy atom. The molecule has 0 aliphatic carbocycles. The maximum atomic E-state index is 5.27. The quantitative estimate of drug-likeness (QED) is 0.776. The van der Waals surface area contributed by atoms with Gasteiger partial charge < -0.3 is 9.73 Å². The van der Waals surface area contributed by atoms with E-state index in [1.54, 1.807) is 6.26 Å². The van der Waals surface area contributed by atoms with Gasteiger partial charge in [0.05, 0.1) is 6.26 Å². The molecule has 2 nitrogen and oxygen atoms in total. The van der Waals surface area contributed by atoms with Gasteiger partial charge in [0.2, 0.25) is 0 Å². The van der Waals surface area contributed by atoms with Crippen LogP contribution in [0.4, 0.5) is 0 Å². The Balaban J connectivity index is 1.74. The summed E-state index contributed by atoms with van der Waals surface area (Å²) >= 11 is 0. The fourth-order valence-electron chi connectivity index (χ4n) is 1.70. The monoisotopic (exact) mass is 215 g/mol. The van der Waals surface area contributed by atoms with Gasteiger partial charge in [0, 0.05) is 19.5 Å². The Kier molecular flexibility index (Phi) is 3.78. The van der Waals surface area contributed by atoms with Crippen LogP contribution in [0.5, 0.6) is 0 Å². The summed E-state index contributed by atoms with van der Waals surface area (Å²) in [6, 6.07) is 12.4. The van der Waals surface area contributed by atoms with Gasteiger partial charge in [-0.25, -0.2) is 0 Å². The molecule has 0 saturated carbocycles. The topological polar surface area (TPSA) is 25.2 Å². The van der Waals surface area contributed by atoms with Gasteiger partial charge in [-0.05, 0) is 30.2 Å². The zero-order chi connectivity index (χ0) is 11.2. The summed E-state index contributed by atoms with van der Waals surface area (Å²) in [4.78, 5) is 0. The van der Waals surface area contributed by atoms with Crippen molar-refractivity contribution in [3.8, 4) is 0 Å². The molecule has 16 heavy (non-hydrogen) atoms. The van der Waals surface area contributed by atoms with Gasteiger partial charge in [-0.15, -0.1) is 0 Å². The van der Waals surface area contributed by atoms with E-state index in [1.165, 1.54) is 11.1 Å². The van der Waals surface area contributed by atoms with Crippen molar-refractivity contribution in [1.29, 1.82) is 0 Å². The Hall–Kier alpha value is -1.54. The van der Waals surface area contributed by atoms with Crippen LogP contribution in [0, 0.1) is 6.92 Å². The number of nitrogens with one attached hydrogen (secondary N) is 1. The summed E-state index contributed by atoms with van der Waals surface area (Å²) < 4.78 is 5.27. The second kappa shape index (κ2) is 5.52. The molecule has 0 aliphatic heterocycles. The van der Waals surface area contributed by atoms with E-state index in [4.69, 9.17) is 4.42 Å². The molecular weight excluding hydrogens is 198 g/mol. The summed E-state index contributed by atoms with van der Waals surface area (Å²) in [6.45, 7) is 4.01. The van der Waals surface area contributed by atoms with E-state index in [2.05, 4.69) is 36.5 Å². The van der Waals surface area contributed by atoms with E-state index in [1.807, 2.05) is 12.1 Å². The Bertz CT molecular complexity index is 420. The number of rotatable bonds is 5. The molecule has 0 fully saturated rings. The van der Waals surface area contributed by atoms with Crippen molar-refractivity contribution in [1.82, 2.24) is 5.32 Å². The molecule has 0 spiro atoms. The number of hydrogen-bond donors (Lipinski definition) is 1. The van der Waals surface area contributed by atoms with Crippen LogP contribution in [-0.4, -0.2) is 6.54 Å². The average Bonchev–Trinajstić information content (AvgIpc) is 2.79. The first-order valence-corrected chi connectivity index (χ1v) is 5.64. The maximum Gasteiger partial charge on any atom is 0.105 e. The average molecular weight is 215 g/mol. The minimum Gasteiger partial charge on any atom is -0.469 e. The molecule has 0 unspecified atom stereocenters. The summed E-state index contributed by atoms with van der Waals surface area (Å²) in [5.74, 6) is 1.04. The Morgan fingerprint density at radius 2 is 2.00 bits per heavy atom. The summed E-state index contributed by atoms with van der Waals surface area (Å²) in [6.07, 6.45) is 2.66. The molecule has 1 N–H and O–H groups in total. The molecule has 84 valence electrons. The highest BCUT2D eigenvalue weighted by atomic mass is 16.3. The first-order valence-electron chi connectivity index (χ1n) is 5.64. The van der Waals surface area contributed by atoms with Crippen molar-refractivity contribution < 1.29 is 4.42 Å². The zero-order valence-electron chi connectivity index (χ0n) is 9.57. The molecule has 0 saturated heterocycles. The fourth-order valence-corrected chi connectivity index (χ4v) is 1.70. The minimum atomic E-state index is 0.924. The highest BCUT2D eigenvalue weighted by Crippen LogP contribution is 2.06. The van der Waals surface area contributed by atoms with Crippen LogP contribution in [0.1, 0.15) is 16.9 Å². The molecule has 2 rings (SSSR count). The molecule has 2 aromatic rings. The molecule has 0 bridgehead atoms. The molecule has 1 aromatic heterocycles. The van der Waals surface area contributed by atoms with Crippen molar-refractivity contribution in [3.05, 3.63) is 59.5 Å². The van der Waals surface area contributed by atoms with Gasteiger partial charge in [-0.1, -0.05) is 24.3 Å². The van der Waals surface area contributed by atoms with Crippen LogP contribution in [0.15, 0.2) is 47.1 Å². The van der Waals surface area contributed by atoms with E-state index in [0.717, 1.165) is 25.3 Å². The summed E-state index contributed by atoms with van der Waals surface area (Å²) in [7, 11) is 0. The summed E-state index contributed by atoms with van der Waals surface area (Å²) in [5, 5.41) is 3.42.